The van der Waals surface area contributed by atoms with E-state index < -0.39 is 0 Å². The van der Waals surface area contributed by atoms with Gasteiger partial charge in [-0.3, -0.25) is 4.79 Å². The van der Waals surface area contributed by atoms with Gasteiger partial charge < -0.3 is 10.3 Å². The normalized spacial score (nSPS) is 18.5. The molecule has 1 unspecified atom stereocenters. The Bertz CT molecular complexity index is 655. The summed E-state index contributed by atoms with van der Waals surface area (Å²) >= 11 is 0. The van der Waals surface area contributed by atoms with Crippen LogP contribution in [0.4, 0.5) is 5.82 Å². The lowest BCUT2D eigenvalue weighted by molar-refractivity contribution is 0.0749. The second-order valence-electron chi connectivity index (χ2n) is 5.21. The second kappa shape index (κ2) is 5.09. The molecule has 1 fully saturated rings. The number of benzene rings is 1. The lowest BCUT2D eigenvalue weighted by atomic mass is 10.1. The first kappa shape index (κ1) is 12.9. The van der Waals surface area contributed by atoms with Crippen LogP contribution in [0, 0.1) is 0 Å². The van der Waals surface area contributed by atoms with Crippen molar-refractivity contribution >= 4 is 22.6 Å². The van der Waals surface area contributed by atoms with E-state index in [1.807, 2.05) is 29.2 Å². The fourth-order valence-corrected chi connectivity index (χ4v) is 2.82. The van der Waals surface area contributed by atoms with Crippen LogP contribution in [0.2, 0.25) is 0 Å². The number of nitrogen functional groups attached to an aromatic ring is 1. The van der Waals surface area contributed by atoms with E-state index in [1.165, 1.54) is 0 Å². The van der Waals surface area contributed by atoms with Crippen molar-refractivity contribution in [2.24, 2.45) is 5.84 Å². The molecule has 0 spiro atoms. The average Bonchev–Trinajstić information content (AvgIpc) is 2.91. The topological polar surface area (TPSA) is 71.2 Å². The minimum atomic E-state index is 0.0603. The number of hydrazine groups is 1. The number of para-hydroxylation sites is 1. The van der Waals surface area contributed by atoms with Crippen LogP contribution in [0.3, 0.4) is 0 Å². The lowest BCUT2D eigenvalue weighted by Crippen LogP contribution is -2.33. The monoisotopic (exact) mass is 270 g/mol. The first-order chi connectivity index (χ1) is 9.70. The third-order valence-electron chi connectivity index (χ3n) is 3.91. The molecule has 1 atom stereocenters. The van der Waals surface area contributed by atoms with E-state index in [-0.39, 0.29) is 5.91 Å². The van der Waals surface area contributed by atoms with E-state index in [2.05, 4.69) is 17.3 Å². The molecule has 20 heavy (non-hydrogen) atoms. The summed E-state index contributed by atoms with van der Waals surface area (Å²) in [5, 5.41) is 0.871. The molecule has 2 heterocycles. The summed E-state index contributed by atoms with van der Waals surface area (Å²) in [5.41, 5.74) is 3.97. The number of amides is 1. The SMILES string of the molecule is CC1CCCN1C(=O)c1cc(NN)nc2ccccc12. The molecule has 0 aliphatic carbocycles. The number of nitrogens with one attached hydrogen (secondary N) is 1. The second-order valence-corrected chi connectivity index (χ2v) is 5.21. The molecule has 3 rings (SSSR count). The molecule has 1 saturated heterocycles. The number of carbonyl (C=O) groups is 1. The summed E-state index contributed by atoms with van der Waals surface area (Å²) in [6.07, 6.45) is 2.13. The van der Waals surface area contributed by atoms with Crippen molar-refractivity contribution in [1.82, 2.24) is 9.88 Å². The molecule has 0 saturated carbocycles. The quantitative estimate of drug-likeness (QED) is 0.648. The van der Waals surface area contributed by atoms with E-state index >= 15 is 0 Å². The fourth-order valence-electron chi connectivity index (χ4n) is 2.82. The molecule has 1 aliphatic rings. The maximum Gasteiger partial charge on any atom is 0.254 e. The number of rotatable bonds is 2. The van der Waals surface area contributed by atoms with Crippen molar-refractivity contribution in [3.63, 3.8) is 0 Å². The first-order valence-corrected chi connectivity index (χ1v) is 6.88. The van der Waals surface area contributed by atoms with Crippen LogP contribution >= 0.6 is 0 Å². The number of fused-ring (bicyclic) bond motifs is 1. The lowest BCUT2D eigenvalue weighted by Gasteiger charge is -2.22. The summed E-state index contributed by atoms with van der Waals surface area (Å²) in [6.45, 7) is 2.92. The van der Waals surface area contributed by atoms with E-state index in [4.69, 9.17) is 5.84 Å². The van der Waals surface area contributed by atoms with Crippen LogP contribution in [0.25, 0.3) is 10.9 Å². The Kier molecular flexibility index (Phi) is 3.28. The third kappa shape index (κ3) is 2.10. The molecular weight excluding hydrogens is 252 g/mol. The van der Waals surface area contributed by atoms with Gasteiger partial charge in [0.25, 0.3) is 5.91 Å². The minimum absolute atomic E-state index is 0.0603. The van der Waals surface area contributed by atoms with E-state index in [9.17, 15) is 4.79 Å². The van der Waals surface area contributed by atoms with Crippen molar-refractivity contribution < 1.29 is 4.79 Å². The van der Waals surface area contributed by atoms with Gasteiger partial charge in [-0.1, -0.05) is 18.2 Å². The van der Waals surface area contributed by atoms with Gasteiger partial charge in [-0.05, 0) is 31.9 Å². The van der Waals surface area contributed by atoms with E-state index in [1.54, 1.807) is 6.07 Å². The highest BCUT2D eigenvalue weighted by Crippen LogP contribution is 2.25. The van der Waals surface area contributed by atoms with Crippen LogP contribution in [-0.4, -0.2) is 28.4 Å². The summed E-state index contributed by atoms with van der Waals surface area (Å²) in [4.78, 5) is 19.1. The van der Waals surface area contributed by atoms with Crippen molar-refractivity contribution in [3.05, 3.63) is 35.9 Å². The fraction of sp³-hybridized carbons (Fsp3) is 0.333. The zero-order chi connectivity index (χ0) is 14.1. The van der Waals surface area contributed by atoms with Gasteiger partial charge in [0.1, 0.15) is 5.82 Å². The minimum Gasteiger partial charge on any atom is -0.336 e. The average molecular weight is 270 g/mol. The van der Waals surface area contributed by atoms with Crippen LogP contribution in [0.15, 0.2) is 30.3 Å². The summed E-state index contributed by atoms with van der Waals surface area (Å²) in [7, 11) is 0. The van der Waals surface area contributed by atoms with Gasteiger partial charge >= 0.3 is 0 Å². The summed E-state index contributed by atoms with van der Waals surface area (Å²) < 4.78 is 0. The van der Waals surface area contributed by atoms with Crippen LogP contribution in [0.5, 0.6) is 0 Å². The highest BCUT2D eigenvalue weighted by Gasteiger charge is 2.27. The van der Waals surface area contributed by atoms with Crippen molar-refractivity contribution in [1.29, 1.82) is 0 Å². The molecular formula is C15H18N4O. The van der Waals surface area contributed by atoms with Gasteiger partial charge in [0.15, 0.2) is 0 Å². The standard InChI is InChI=1S/C15H18N4O/c1-10-5-4-8-19(10)15(20)12-9-14(18-16)17-13-7-3-2-6-11(12)13/h2-3,6-7,9-10H,4-5,8,16H2,1H3,(H,17,18). The van der Waals surface area contributed by atoms with Gasteiger partial charge in [-0.2, -0.15) is 0 Å². The number of pyridine rings is 1. The molecule has 1 aliphatic heterocycles. The molecule has 0 radical (unpaired) electrons. The Morgan fingerprint density at radius 2 is 2.25 bits per heavy atom. The number of hydrogen-bond acceptors (Lipinski definition) is 4. The Hall–Kier alpha value is -2.14. The van der Waals surface area contributed by atoms with Crippen molar-refractivity contribution in [2.75, 3.05) is 12.0 Å². The largest absolute Gasteiger partial charge is 0.336 e. The van der Waals surface area contributed by atoms with Gasteiger partial charge in [0.2, 0.25) is 0 Å². The number of aromatic nitrogens is 1. The third-order valence-corrected chi connectivity index (χ3v) is 3.91. The zero-order valence-corrected chi connectivity index (χ0v) is 11.5. The highest BCUT2D eigenvalue weighted by atomic mass is 16.2. The van der Waals surface area contributed by atoms with Crippen molar-refractivity contribution in [2.45, 2.75) is 25.8 Å². The molecule has 0 bridgehead atoms. The molecule has 5 nitrogen and oxygen atoms in total. The van der Waals surface area contributed by atoms with Crippen molar-refractivity contribution in [3.8, 4) is 0 Å². The number of nitrogens with zero attached hydrogens (tertiary/aromatic N) is 2. The number of likely N-dealkylation sites (tertiary alicyclic amines) is 1. The van der Waals surface area contributed by atoms with Crippen LogP contribution < -0.4 is 11.3 Å². The molecule has 3 N–H and O–H groups in total. The Labute approximate surface area is 117 Å². The Balaban J connectivity index is 2.11. The summed E-state index contributed by atoms with van der Waals surface area (Å²) in [6, 6.07) is 9.67. The first-order valence-electron chi connectivity index (χ1n) is 6.88. The summed E-state index contributed by atoms with van der Waals surface area (Å²) in [5.74, 6) is 6.03. The Morgan fingerprint density at radius 3 is 2.95 bits per heavy atom. The molecule has 104 valence electrons. The van der Waals surface area contributed by atoms with Gasteiger partial charge in [-0.15, -0.1) is 0 Å². The predicted octanol–water partition coefficient (Wildman–Crippen LogP) is 2.14. The number of hydrogen-bond donors (Lipinski definition) is 2. The number of nitrogens with two attached hydrogens (primary N) is 1. The van der Waals surface area contributed by atoms with Gasteiger partial charge in [0.05, 0.1) is 11.1 Å². The van der Waals surface area contributed by atoms with Gasteiger partial charge in [0, 0.05) is 18.0 Å². The van der Waals surface area contributed by atoms with E-state index in [0.29, 0.717) is 17.4 Å². The zero-order valence-electron chi connectivity index (χ0n) is 11.5. The molecule has 1 aromatic heterocycles. The smallest absolute Gasteiger partial charge is 0.254 e. The van der Waals surface area contributed by atoms with E-state index in [0.717, 1.165) is 30.3 Å². The molecule has 1 amide bonds. The number of carbonyl (C=O) groups excluding carboxylic acids is 1. The van der Waals surface area contributed by atoms with Crippen LogP contribution in [-0.2, 0) is 0 Å². The number of anilines is 1. The molecule has 5 heteroatoms. The molecule has 1 aromatic carbocycles. The maximum absolute atomic E-state index is 12.8. The highest BCUT2D eigenvalue weighted by molar-refractivity contribution is 6.07. The predicted molar refractivity (Wildman–Crippen MR) is 79.3 cm³/mol. The van der Waals surface area contributed by atoms with Crippen LogP contribution in [0.1, 0.15) is 30.1 Å². The molecule has 2 aromatic rings. The Morgan fingerprint density at radius 1 is 1.45 bits per heavy atom. The maximum atomic E-state index is 12.8. The van der Waals surface area contributed by atoms with Gasteiger partial charge in [-0.25, -0.2) is 10.8 Å².